The summed E-state index contributed by atoms with van der Waals surface area (Å²) < 4.78 is 41.4. The summed E-state index contributed by atoms with van der Waals surface area (Å²) in [6, 6.07) is 16.8. The van der Waals surface area contributed by atoms with Crippen molar-refractivity contribution in [1.82, 2.24) is 25.1 Å². The number of alkyl halides is 3. The molecule has 7 rings (SSSR count). The van der Waals surface area contributed by atoms with Crippen LogP contribution < -0.4 is 10.6 Å². The number of carbonyl (C=O) groups is 1. The van der Waals surface area contributed by atoms with E-state index < -0.39 is 23.7 Å². The number of nitrogens with one attached hydrogen (secondary N) is 2. The van der Waals surface area contributed by atoms with E-state index in [4.69, 9.17) is 4.98 Å². The molecule has 2 saturated carbocycles. The molecule has 5 aromatic rings. The van der Waals surface area contributed by atoms with E-state index in [-0.39, 0.29) is 5.56 Å². The molecule has 3 aromatic carbocycles. The minimum Gasteiger partial charge on any atom is -0.346 e. The number of benzene rings is 3. The molecule has 2 aliphatic rings. The molecule has 43 heavy (non-hydrogen) atoms. The van der Waals surface area contributed by atoms with Gasteiger partial charge in [-0.1, -0.05) is 24.3 Å². The Labute approximate surface area is 246 Å². The van der Waals surface area contributed by atoms with Gasteiger partial charge in [0.25, 0.3) is 5.91 Å². The van der Waals surface area contributed by atoms with Gasteiger partial charge < -0.3 is 10.6 Å². The molecule has 0 spiro atoms. The quantitative estimate of drug-likeness (QED) is 0.194. The van der Waals surface area contributed by atoms with Crippen LogP contribution in [0.25, 0.3) is 22.0 Å². The number of carbonyl (C=O) groups excluding carboxylic acids is 1. The Morgan fingerprint density at radius 3 is 2.60 bits per heavy atom. The highest BCUT2D eigenvalue weighted by Crippen LogP contribution is 2.45. The van der Waals surface area contributed by atoms with Crippen LogP contribution in [0, 0.1) is 0 Å². The fraction of sp³-hybridized carbons (Fsp3) is 0.273. The largest absolute Gasteiger partial charge is 0.416 e. The van der Waals surface area contributed by atoms with Crippen molar-refractivity contribution < 1.29 is 18.0 Å². The third-order valence-corrected chi connectivity index (χ3v) is 8.06. The number of rotatable bonds is 8. The van der Waals surface area contributed by atoms with Gasteiger partial charge in [0, 0.05) is 23.3 Å². The molecule has 2 aromatic heterocycles. The molecule has 10 heteroatoms. The first-order valence-electron chi connectivity index (χ1n) is 14.4. The maximum absolute atomic E-state index is 13.2. The first-order valence-corrected chi connectivity index (χ1v) is 14.4. The van der Waals surface area contributed by atoms with Gasteiger partial charge >= 0.3 is 6.18 Å². The first-order chi connectivity index (χ1) is 20.7. The molecule has 2 aliphatic carbocycles. The molecule has 1 amide bonds. The molecule has 2 fully saturated rings. The number of hydrogen-bond donors (Lipinski definition) is 2. The molecule has 2 N–H and O–H groups in total. The van der Waals surface area contributed by atoms with E-state index in [1.165, 1.54) is 17.7 Å². The van der Waals surface area contributed by atoms with E-state index in [1.54, 1.807) is 12.4 Å². The lowest BCUT2D eigenvalue weighted by Gasteiger charge is -2.18. The lowest BCUT2D eigenvalue weighted by atomic mass is 9.92. The van der Waals surface area contributed by atoms with Crippen molar-refractivity contribution in [2.45, 2.75) is 56.8 Å². The zero-order valence-electron chi connectivity index (χ0n) is 23.4. The number of hydrogen-bond acceptors (Lipinski definition) is 5. The van der Waals surface area contributed by atoms with Gasteiger partial charge in [-0.25, -0.2) is 9.97 Å². The minimum atomic E-state index is -4.52. The summed E-state index contributed by atoms with van der Waals surface area (Å²) in [5.74, 6) is 0.425. The highest BCUT2D eigenvalue weighted by atomic mass is 19.4. The molecule has 2 heterocycles. The van der Waals surface area contributed by atoms with E-state index in [2.05, 4.69) is 38.9 Å². The average molecular weight is 583 g/mol. The van der Waals surface area contributed by atoms with Crippen molar-refractivity contribution in [3.8, 4) is 11.1 Å². The fourth-order valence-electron chi connectivity index (χ4n) is 5.38. The van der Waals surface area contributed by atoms with Crippen molar-refractivity contribution in [1.29, 1.82) is 0 Å². The SMILES string of the molecule is CC(NC(=O)c1cccc(C(F)(F)F)c1)c1ccc(C2CC2)c(-c2ccc3nc(Nc4cnn(C5CC5)c4)ncc3c2)c1. The van der Waals surface area contributed by atoms with E-state index >= 15 is 0 Å². The fourth-order valence-corrected chi connectivity index (χ4v) is 5.38. The van der Waals surface area contributed by atoms with Gasteiger partial charge in [-0.3, -0.25) is 9.48 Å². The normalized spacial score (nSPS) is 15.8. The maximum Gasteiger partial charge on any atom is 0.416 e. The van der Waals surface area contributed by atoms with Crippen molar-refractivity contribution in [2.24, 2.45) is 0 Å². The number of nitrogens with zero attached hydrogens (tertiary/aromatic N) is 4. The van der Waals surface area contributed by atoms with Crippen molar-refractivity contribution in [3.05, 3.63) is 102 Å². The molecular formula is C33H29F3N6O. The smallest absolute Gasteiger partial charge is 0.346 e. The predicted octanol–water partition coefficient (Wildman–Crippen LogP) is 7.96. The van der Waals surface area contributed by atoms with Gasteiger partial charge in [0.1, 0.15) is 0 Å². The molecule has 0 bridgehead atoms. The van der Waals surface area contributed by atoms with Crippen molar-refractivity contribution in [2.75, 3.05) is 5.32 Å². The van der Waals surface area contributed by atoms with Crippen LogP contribution in [0.2, 0.25) is 0 Å². The Morgan fingerprint density at radius 1 is 1.00 bits per heavy atom. The first kappa shape index (κ1) is 27.1. The Balaban J connectivity index is 1.13. The highest BCUT2D eigenvalue weighted by Gasteiger charge is 2.31. The van der Waals surface area contributed by atoms with Crippen molar-refractivity contribution in [3.63, 3.8) is 0 Å². The Morgan fingerprint density at radius 2 is 1.84 bits per heavy atom. The summed E-state index contributed by atoms with van der Waals surface area (Å²) in [6.45, 7) is 1.83. The third-order valence-electron chi connectivity index (χ3n) is 8.06. The zero-order chi connectivity index (χ0) is 29.7. The molecule has 0 saturated heterocycles. The lowest BCUT2D eigenvalue weighted by Crippen LogP contribution is -2.27. The van der Waals surface area contributed by atoms with E-state index in [0.29, 0.717) is 17.9 Å². The summed E-state index contributed by atoms with van der Waals surface area (Å²) >= 11 is 0. The second-order valence-corrected chi connectivity index (χ2v) is 11.4. The Bertz CT molecular complexity index is 1840. The number of fused-ring (bicyclic) bond motifs is 1. The Kier molecular flexibility index (Phi) is 6.64. The van der Waals surface area contributed by atoms with Crippen LogP contribution in [0.15, 0.2) is 79.3 Å². The monoisotopic (exact) mass is 582 g/mol. The van der Waals surface area contributed by atoms with Gasteiger partial charge in [0.15, 0.2) is 0 Å². The van der Waals surface area contributed by atoms with Crippen LogP contribution in [0.1, 0.15) is 77.7 Å². The number of amides is 1. The predicted molar refractivity (Wildman–Crippen MR) is 158 cm³/mol. The highest BCUT2D eigenvalue weighted by molar-refractivity contribution is 5.94. The summed E-state index contributed by atoms with van der Waals surface area (Å²) in [7, 11) is 0. The van der Waals surface area contributed by atoms with Gasteiger partial charge in [0.2, 0.25) is 5.95 Å². The molecule has 0 radical (unpaired) electrons. The second-order valence-electron chi connectivity index (χ2n) is 11.4. The number of aromatic nitrogens is 4. The topological polar surface area (TPSA) is 84.7 Å². The summed E-state index contributed by atoms with van der Waals surface area (Å²) in [5, 5.41) is 11.4. The second kappa shape index (κ2) is 10.5. The molecule has 1 atom stereocenters. The molecule has 1 unspecified atom stereocenters. The maximum atomic E-state index is 13.2. The van der Waals surface area contributed by atoms with Gasteiger partial charge in [-0.15, -0.1) is 0 Å². The molecule has 0 aliphatic heterocycles. The van der Waals surface area contributed by atoms with Crippen LogP contribution in [-0.2, 0) is 6.18 Å². The van der Waals surface area contributed by atoms with Crippen LogP contribution in [0.3, 0.4) is 0 Å². The van der Waals surface area contributed by atoms with E-state index in [9.17, 15) is 18.0 Å². The van der Waals surface area contributed by atoms with Gasteiger partial charge in [0.05, 0.1) is 35.0 Å². The van der Waals surface area contributed by atoms with Crippen LogP contribution in [0.5, 0.6) is 0 Å². The average Bonchev–Trinajstić information content (AvgIpc) is 3.95. The van der Waals surface area contributed by atoms with E-state index in [0.717, 1.165) is 71.1 Å². The third kappa shape index (κ3) is 5.82. The number of anilines is 2. The molecular weight excluding hydrogens is 553 g/mol. The number of halogens is 3. The van der Waals surface area contributed by atoms with Crippen molar-refractivity contribution >= 4 is 28.4 Å². The summed E-state index contributed by atoms with van der Waals surface area (Å²) in [4.78, 5) is 22.1. The van der Waals surface area contributed by atoms with Crippen LogP contribution >= 0.6 is 0 Å². The summed E-state index contributed by atoms with van der Waals surface area (Å²) in [5.41, 5.74) is 4.96. The minimum absolute atomic E-state index is 0.0309. The van der Waals surface area contributed by atoms with Gasteiger partial charge in [-0.2, -0.15) is 18.3 Å². The van der Waals surface area contributed by atoms with Crippen LogP contribution in [-0.4, -0.2) is 25.7 Å². The van der Waals surface area contributed by atoms with E-state index in [1.807, 2.05) is 36.0 Å². The lowest BCUT2D eigenvalue weighted by molar-refractivity contribution is -0.137. The Hall–Kier alpha value is -4.73. The molecule has 218 valence electrons. The van der Waals surface area contributed by atoms with Crippen LogP contribution in [0.4, 0.5) is 24.8 Å². The summed E-state index contributed by atoms with van der Waals surface area (Å²) in [6.07, 6.45) is 5.61. The van der Waals surface area contributed by atoms with Gasteiger partial charge in [-0.05, 0) is 97.2 Å². The standard InChI is InChI=1S/C33H29F3N6O/c1-19(39-31(43)23-3-2-4-25(14-23)33(34,35)36)21-7-11-28(20-5-6-20)29(15-21)22-8-12-30-24(13-22)16-37-32(41-30)40-26-17-38-42(18-26)27-9-10-27/h2-4,7-8,11-20,27H,5-6,9-10H2,1H3,(H,39,43)(H,37,40,41). The zero-order valence-corrected chi connectivity index (χ0v) is 23.4. The molecule has 7 nitrogen and oxygen atoms in total.